The molecular formula is C14H12BrNO2. The van der Waals surface area contributed by atoms with Crippen molar-refractivity contribution >= 4 is 22.2 Å². The van der Waals surface area contributed by atoms with Crippen LogP contribution in [0.2, 0.25) is 0 Å². The first-order chi connectivity index (χ1) is 8.69. The number of pyridine rings is 1. The first-order valence-electron chi connectivity index (χ1n) is 5.48. The van der Waals surface area contributed by atoms with E-state index in [1.165, 1.54) is 0 Å². The average molecular weight is 306 g/mol. The normalized spacial score (nSPS) is 10.1. The van der Waals surface area contributed by atoms with Gasteiger partial charge in [-0.3, -0.25) is 9.78 Å². The monoisotopic (exact) mass is 305 g/mol. The predicted octanol–water partition coefficient (Wildman–Crippen LogP) is 3.54. The summed E-state index contributed by atoms with van der Waals surface area (Å²) in [4.78, 5) is 15.1. The quantitative estimate of drug-likeness (QED) is 0.811. The van der Waals surface area contributed by atoms with Gasteiger partial charge >= 0.3 is 0 Å². The SMILES string of the molecule is Cc1ccc(COc2ccc(Br)cc2C=O)cn1. The van der Waals surface area contributed by atoms with Gasteiger partial charge in [0.25, 0.3) is 0 Å². The van der Waals surface area contributed by atoms with Gasteiger partial charge in [-0.15, -0.1) is 0 Å². The molecule has 0 aliphatic carbocycles. The molecule has 0 aliphatic rings. The fraction of sp³-hybridized carbons (Fsp3) is 0.143. The van der Waals surface area contributed by atoms with Gasteiger partial charge < -0.3 is 4.74 Å². The molecule has 0 N–H and O–H groups in total. The highest BCUT2D eigenvalue weighted by Gasteiger charge is 2.04. The summed E-state index contributed by atoms with van der Waals surface area (Å²) in [6, 6.07) is 9.24. The second-order valence-corrected chi connectivity index (χ2v) is 4.81. The first kappa shape index (κ1) is 12.8. The maximum absolute atomic E-state index is 10.9. The van der Waals surface area contributed by atoms with Crippen LogP contribution in [0.1, 0.15) is 21.6 Å². The van der Waals surface area contributed by atoms with E-state index in [1.807, 2.05) is 25.1 Å². The molecule has 0 radical (unpaired) electrons. The van der Waals surface area contributed by atoms with E-state index >= 15 is 0 Å². The Kier molecular flexibility index (Phi) is 4.10. The number of aromatic nitrogens is 1. The van der Waals surface area contributed by atoms with Gasteiger partial charge in [0, 0.05) is 21.9 Å². The molecule has 2 rings (SSSR count). The minimum Gasteiger partial charge on any atom is -0.488 e. The van der Waals surface area contributed by atoms with Crippen LogP contribution in [0.4, 0.5) is 0 Å². The van der Waals surface area contributed by atoms with Crippen LogP contribution in [0.15, 0.2) is 41.0 Å². The van der Waals surface area contributed by atoms with Crippen molar-refractivity contribution in [3.05, 3.63) is 57.8 Å². The fourth-order valence-electron chi connectivity index (χ4n) is 1.49. The molecule has 0 aliphatic heterocycles. The van der Waals surface area contributed by atoms with Crippen LogP contribution in [0.25, 0.3) is 0 Å². The molecule has 0 spiro atoms. The Morgan fingerprint density at radius 1 is 1.33 bits per heavy atom. The standard InChI is InChI=1S/C14H12BrNO2/c1-10-2-3-11(7-16-10)9-18-14-5-4-13(15)6-12(14)8-17/h2-8H,9H2,1H3. The van der Waals surface area contributed by atoms with E-state index in [4.69, 9.17) is 4.74 Å². The van der Waals surface area contributed by atoms with E-state index in [-0.39, 0.29) is 0 Å². The molecular weight excluding hydrogens is 294 g/mol. The fourth-order valence-corrected chi connectivity index (χ4v) is 1.87. The Morgan fingerprint density at radius 3 is 2.83 bits per heavy atom. The van der Waals surface area contributed by atoms with Crippen LogP contribution in [0.3, 0.4) is 0 Å². The number of hydrogen-bond donors (Lipinski definition) is 0. The van der Waals surface area contributed by atoms with Gasteiger partial charge in [-0.25, -0.2) is 0 Å². The van der Waals surface area contributed by atoms with Crippen LogP contribution in [0, 0.1) is 6.92 Å². The number of benzene rings is 1. The number of aryl methyl sites for hydroxylation is 1. The summed E-state index contributed by atoms with van der Waals surface area (Å²) in [5, 5.41) is 0. The Morgan fingerprint density at radius 2 is 2.17 bits per heavy atom. The maximum atomic E-state index is 10.9. The van der Waals surface area contributed by atoms with Gasteiger partial charge in [0.2, 0.25) is 0 Å². The lowest BCUT2D eigenvalue weighted by Gasteiger charge is -2.08. The summed E-state index contributed by atoms with van der Waals surface area (Å²) in [6.07, 6.45) is 2.56. The number of aldehydes is 1. The van der Waals surface area contributed by atoms with Crippen molar-refractivity contribution in [1.82, 2.24) is 4.98 Å². The summed E-state index contributed by atoms with van der Waals surface area (Å²) >= 11 is 3.32. The summed E-state index contributed by atoms with van der Waals surface area (Å²) < 4.78 is 6.47. The lowest BCUT2D eigenvalue weighted by molar-refractivity contribution is 0.111. The van der Waals surface area contributed by atoms with Crippen LogP contribution in [0.5, 0.6) is 5.75 Å². The molecule has 92 valence electrons. The average Bonchev–Trinajstić information content (AvgIpc) is 2.39. The van der Waals surface area contributed by atoms with Crippen LogP contribution in [-0.4, -0.2) is 11.3 Å². The number of ether oxygens (including phenoxy) is 1. The molecule has 1 heterocycles. The van der Waals surface area contributed by atoms with E-state index in [2.05, 4.69) is 20.9 Å². The number of hydrogen-bond acceptors (Lipinski definition) is 3. The molecule has 1 aromatic heterocycles. The minimum atomic E-state index is 0.399. The van der Waals surface area contributed by atoms with E-state index < -0.39 is 0 Å². The molecule has 0 unspecified atom stereocenters. The molecule has 0 amide bonds. The largest absolute Gasteiger partial charge is 0.488 e. The topological polar surface area (TPSA) is 39.2 Å². The number of carbonyl (C=O) groups excluding carboxylic acids is 1. The van der Waals surface area contributed by atoms with E-state index in [0.717, 1.165) is 22.0 Å². The highest BCUT2D eigenvalue weighted by atomic mass is 79.9. The van der Waals surface area contributed by atoms with Crippen LogP contribution in [-0.2, 0) is 6.61 Å². The van der Waals surface area contributed by atoms with Crippen molar-refractivity contribution in [3.8, 4) is 5.75 Å². The highest BCUT2D eigenvalue weighted by molar-refractivity contribution is 9.10. The Labute approximate surface area is 114 Å². The summed E-state index contributed by atoms with van der Waals surface area (Å²) in [5.41, 5.74) is 2.47. The minimum absolute atomic E-state index is 0.399. The predicted molar refractivity (Wildman–Crippen MR) is 72.8 cm³/mol. The van der Waals surface area contributed by atoms with Crippen LogP contribution >= 0.6 is 15.9 Å². The van der Waals surface area contributed by atoms with E-state index in [1.54, 1.807) is 18.3 Å². The molecule has 2 aromatic rings. The Bertz CT molecular complexity index is 552. The van der Waals surface area contributed by atoms with E-state index in [0.29, 0.717) is 17.9 Å². The van der Waals surface area contributed by atoms with Crippen molar-refractivity contribution in [2.45, 2.75) is 13.5 Å². The number of halogens is 1. The first-order valence-corrected chi connectivity index (χ1v) is 6.27. The van der Waals surface area contributed by atoms with Gasteiger partial charge in [-0.05, 0) is 31.2 Å². The molecule has 3 nitrogen and oxygen atoms in total. The maximum Gasteiger partial charge on any atom is 0.153 e. The van der Waals surface area contributed by atoms with Crippen LogP contribution < -0.4 is 4.74 Å². The van der Waals surface area contributed by atoms with E-state index in [9.17, 15) is 4.79 Å². The molecule has 18 heavy (non-hydrogen) atoms. The Balaban J connectivity index is 2.10. The van der Waals surface area contributed by atoms with Gasteiger partial charge in [0.05, 0.1) is 5.56 Å². The third-order valence-electron chi connectivity index (χ3n) is 2.47. The molecule has 0 saturated carbocycles. The zero-order valence-electron chi connectivity index (χ0n) is 9.89. The van der Waals surface area contributed by atoms with Gasteiger partial charge in [0.15, 0.2) is 6.29 Å². The molecule has 1 aromatic carbocycles. The second kappa shape index (κ2) is 5.78. The van der Waals surface area contributed by atoms with Crippen molar-refractivity contribution in [2.75, 3.05) is 0 Å². The molecule has 0 atom stereocenters. The molecule has 0 bridgehead atoms. The summed E-state index contributed by atoms with van der Waals surface area (Å²) in [5.74, 6) is 0.578. The smallest absolute Gasteiger partial charge is 0.153 e. The zero-order chi connectivity index (χ0) is 13.0. The molecule has 0 fully saturated rings. The zero-order valence-corrected chi connectivity index (χ0v) is 11.5. The van der Waals surface area contributed by atoms with Crippen molar-refractivity contribution in [3.63, 3.8) is 0 Å². The lowest BCUT2D eigenvalue weighted by Crippen LogP contribution is -1.99. The van der Waals surface area contributed by atoms with Crippen molar-refractivity contribution in [1.29, 1.82) is 0 Å². The Hall–Kier alpha value is -1.68. The number of nitrogens with zero attached hydrogens (tertiary/aromatic N) is 1. The van der Waals surface area contributed by atoms with Crippen molar-refractivity contribution in [2.24, 2.45) is 0 Å². The third-order valence-corrected chi connectivity index (χ3v) is 2.96. The molecule has 0 saturated heterocycles. The summed E-state index contributed by atoms with van der Waals surface area (Å²) in [7, 11) is 0. The van der Waals surface area contributed by atoms with Gasteiger partial charge in [0.1, 0.15) is 12.4 Å². The lowest BCUT2D eigenvalue weighted by atomic mass is 10.2. The van der Waals surface area contributed by atoms with Gasteiger partial charge in [-0.1, -0.05) is 22.0 Å². The molecule has 4 heteroatoms. The second-order valence-electron chi connectivity index (χ2n) is 3.90. The summed E-state index contributed by atoms with van der Waals surface area (Å²) in [6.45, 7) is 2.33. The highest BCUT2D eigenvalue weighted by Crippen LogP contribution is 2.22. The number of rotatable bonds is 4. The third kappa shape index (κ3) is 3.17. The number of carbonyl (C=O) groups is 1. The van der Waals surface area contributed by atoms with Crippen molar-refractivity contribution < 1.29 is 9.53 Å². The van der Waals surface area contributed by atoms with Gasteiger partial charge in [-0.2, -0.15) is 0 Å².